The van der Waals surface area contributed by atoms with Crippen LogP contribution in [0.1, 0.15) is 41.5 Å². The van der Waals surface area contributed by atoms with Crippen LogP contribution in [0.4, 0.5) is 0 Å². The molecule has 85 heavy (non-hydrogen) atoms. The van der Waals surface area contributed by atoms with E-state index in [4.69, 9.17) is 52.1 Å². The van der Waals surface area contributed by atoms with Gasteiger partial charge in [-0.25, -0.2) is 0 Å². The van der Waals surface area contributed by atoms with Crippen molar-refractivity contribution in [3.63, 3.8) is 0 Å². The minimum absolute atomic E-state index is 0.705. The molecule has 0 radical (unpaired) electrons. The van der Waals surface area contributed by atoms with Crippen LogP contribution >= 0.6 is 0 Å². The molecule has 0 bridgehead atoms. The molecule has 0 spiro atoms. The first kappa shape index (κ1) is 69.9. The number of hydrogen-bond donors (Lipinski definition) is 20. The largest absolute Gasteiger partial charge is 0.394 e. The SMILES string of the molecule is CC(=O)N[C@H]1[C@H](O[C@H]2[C@H](O)[C@@H](NC(C)=O)[C@H](O[C@H]3[C@H](O)[C@@H](NC(C)=O)C(O)O[C@@H]3CO)O[C@@H]2CO)O[C@H](CO)[C@@H](O[C@@H]2O[C@H](CO)[C@@H](O[C@@H]3O[C@H](CO)[C@@H](O[C@@H]4O[C@H](CO)[C@@H](O)[C@H](O)[C@H]4NC(C)=O)[C@H](O)[C@H]3NC(C)=O)[C@H](O)[C@H]2NC(C)=O)[C@@H]1O. The summed E-state index contributed by atoms with van der Waals surface area (Å²) in [5.74, 6) is -4.75. The van der Waals surface area contributed by atoms with Gasteiger partial charge in [0.2, 0.25) is 35.4 Å². The monoisotopic (exact) mass is 1240 g/mol. The number of amides is 6. The number of carbonyl (C=O) groups is 6. The van der Waals surface area contributed by atoms with Gasteiger partial charge in [-0.2, -0.15) is 0 Å². The lowest BCUT2D eigenvalue weighted by atomic mass is 9.92. The zero-order valence-electron chi connectivity index (χ0n) is 46.8. The molecule has 37 heteroatoms. The molecule has 0 aromatic rings. The van der Waals surface area contributed by atoms with Gasteiger partial charge in [0.05, 0.1) is 39.6 Å². The average molecular weight is 1240 g/mol. The van der Waals surface area contributed by atoms with Crippen LogP contribution in [0.5, 0.6) is 0 Å². The van der Waals surface area contributed by atoms with Crippen molar-refractivity contribution in [3.8, 4) is 0 Å². The fraction of sp³-hybridized carbons (Fsp3) is 0.875. The molecule has 0 saturated carbocycles. The van der Waals surface area contributed by atoms with Crippen molar-refractivity contribution in [2.45, 2.75) is 225 Å². The molecule has 6 aliphatic rings. The van der Waals surface area contributed by atoms with Crippen LogP contribution in [0.15, 0.2) is 0 Å². The normalized spacial score (nSPS) is 44.0. The lowest BCUT2D eigenvalue weighted by molar-refractivity contribution is -0.370. The molecule has 0 aliphatic carbocycles. The number of aliphatic hydroxyl groups is 14. The topological polar surface area (TPSA) is 559 Å². The highest BCUT2D eigenvalue weighted by molar-refractivity contribution is 5.75. The Balaban J connectivity index is 1.23. The maximum Gasteiger partial charge on any atom is 0.217 e. The second kappa shape index (κ2) is 30.8. The summed E-state index contributed by atoms with van der Waals surface area (Å²) in [6, 6.07) is -10.0. The quantitative estimate of drug-likeness (QED) is 0.0479. The molecule has 0 aromatic heterocycles. The third-order valence-corrected chi connectivity index (χ3v) is 14.8. The Morgan fingerprint density at radius 3 is 0.694 bits per heavy atom. The van der Waals surface area contributed by atoms with E-state index in [0.29, 0.717) is 0 Å². The van der Waals surface area contributed by atoms with E-state index in [1.54, 1.807) is 0 Å². The Morgan fingerprint density at radius 1 is 0.282 bits per heavy atom. The van der Waals surface area contributed by atoms with Crippen LogP contribution in [0.25, 0.3) is 0 Å². The minimum Gasteiger partial charge on any atom is -0.394 e. The predicted octanol–water partition coefficient (Wildman–Crippen LogP) is -13.2. The predicted molar refractivity (Wildman–Crippen MR) is 269 cm³/mol. The third kappa shape index (κ3) is 16.4. The Hall–Kier alpha value is -4.18. The van der Waals surface area contributed by atoms with Crippen molar-refractivity contribution in [1.29, 1.82) is 0 Å². The first-order chi connectivity index (χ1) is 40.1. The molecule has 488 valence electrons. The Bertz CT molecular complexity index is 2230. The lowest BCUT2D eigenvalue weighted by Gasteiger charge is -2.51. The molecule has 0 aromatic carbocycles. The molecule has 6 heterocycles. The highest BCUT2D eigenvalue weighted by Gasteiger charge is 2.59. The Labute approximate surface area is 483 Å². The van der Waals surface area contributed by atoms with Crippen LogP contribution < -0.4 is 31.9 Å². The molecular formula is C48H80N6O31. The van der Waals surface area contributed by atoms with Crippen molar-refractivity contribution in [3.05, 3.63) is 0 Å². The van der Waals surface area contributed by atoms with E-state index in [9.17, 15) is 100 Å². The molecule has 6 fully saturated rings. The molecule has 6 aliphatic heterocycles. The molecule has 1 unspecified atom stereocenters. The van der Waals surface area contributed by atoms with Gasteiger partial charge in [0, 0.05) is 41.5 Å². The summed E-state index contributed by atoms with van der Waals surface area (Å²) in [5, 5.41) is 168. The van der Waals surface area contributed by atoms with Crippen LogP contribution in [-0.2, 0) is 80.9 Å². The number of carbonyl (C=O) groups excluding carboxylic acids is 6. The van der Waals surface area contributed by atoms with Gasteiger partial charge in [-0.15, -0.1) is 0 Å². The summed E-state index contributed by atoms with van der Waals surface area (Å²) in [6.45, 7) is 0.406. The van der Waals surface area contributed by atoms with Crippen LogP contribution in [0.2, 0.25) is 0 Å². The van der Waals surface area contributed by atoms with Gasteiger partial charge in [0.15, 0.2) is 37.7 Å². The second-order valence-electron chi connectivity index (χ2n) is 21.2. The average Bonchev–Trinajstić information content (AvgIpc) is 3.19. The molecule has 20 N–H and O–H groups in total. The number of hydrogen-bond acceptors (Lipinski definition) is 31. The maximum atomic E-state index is 12.8. The number of ether oxygens (including phenoxy) is 11. The van der Waals surface area contributed by atoms with E-state index in [0.717, 1.165) is 41.5 Å². The summed E-state index contributed by atoms with van der Waals surface area (Å²) in [4.78, 5) is 74.9. The Kier molecular flexibility index (Phi) is 25.4. The van der Waals surface area contributed by atoms with Gasteiger partial charge in [-0.05, 0) is 0 Å². The Morgan fingerprint density at radius 2 is 0.471 bits per heavy atom. The summed E-state index contributed by atoms with van der Waals surface area (Å²) < 4.78 is 65.4. The van der Waals surface area contributed by atoms with Gasteiger partial charge >= 0.3 is 0 Å². The smallest absolute Gasteiger partial charge is 0.217 e. The molecule has 37 nitrogen and oxygen atoms in total. The van der Waals surface area contributed by atoms with Crippen molar-refractivity contribution < 1.29 is 152 Å². The zero-order valence-corrected chi connectivity index (χ0v) is 46.8. The number of rotatable bonds is 22. The highest BCUT2D eigenvalue weighted by atomic mass is 16.8. The molecule has 30 atom stereocenters. The highest BCUT2D eigenvalue weighted by Crippen LogP contribution is 2.37. The first-order valence-corrected chi connectivity index (χ1v) is 27.1. The third-order valence-electron chi connectivity index (χ3n) is 14.8. The van der Waals surface area contributed by atoms with Crippen molar-refractivity contribution >= 4 is 35.4 Å². The molecule has 6 saturated heterocycles. The lowest BCUT2D eigenvalue weighted by Crippen LogP contribution is -2.72. The first-order valence-electron chi connectivity index (χ1n) is 27.1. The van der Waals surface area contributed by atoms with Crippen LogP contribution in [-0.4, -0.2) is 330 Å². The van der Waals surface area contributed by atoms with Crippen molar-refractivity contribution in [2.24, 2.45) is 0 Å². The van der Waals surface area contributed by atoms with Gasteiger partial charge in [0.1, 0.15) is 146 Å². The summed E-state index contributed by atoms with van der Waals surface area (Å²) in [6.07, 6.45) is -43.4. The number of nitrogens with one attached hydrogen (secondary N) is 6. The second-order valence-corrected chi connectivity index (χ2v) is 21.2. The van der Waals surface area contributed by atoms with Crippen LogP contribution in [0, 0.1) is 0 Å². The van der Waals surface area contributed by atoms with Crippen molar-refractivity contribution in [2.75, 3.05) is 39.6 Å². The van der Waals surface area contributed by atoms with E-state index in [2.05, 4.69) is 31.9 Å². The van der Waals surface area contributed by atoms with E-state index < -0.39 is 259 Å². The van der Waals surface area contributed by atoms with Gasteiger partial charge in [-0.1, -0.05) is 0 Å². The van der Waals surface area contributed by atoms with E-state index >= 15 is 0 Å². The summed E-state index contributed by atoms with van der Waals surface area (Å²) >= 11 is 0. The fourth-order valence-corrected chi connectivity index (χ4v) is 11.0. The van der Waals surface area contributed by atoms with Crippen molar-refractivity contribution in [1.82, 2.24) is 31.9 Å². The van der Waals surface area contributed by atoms with E-state index in [1.807, 2.05) is 0 Å². The summed E-state index contributed by atoms with van der Waals surface area (Å²) in [7, 11) is 0. The van der Waals surface area contributed by atoms with E-state index in [-0.39, 0.29) is 0 Å². The van der Waals surface area contributed by atoms with Gasteiger partial charge < -0.3 is 155 Å². The maximum absolute atomic E-state index is 12.8. The summed E-state index contributed by atoms with van der Waals surface area (Å²) in [5.41, 5.74) is 0. The number of aliphatic hydroxyl groups excluding tert-OH is 14. The zero-order chi connectivity index (χ0) is 63.0. The van der Waals surface area contributed by atoms with Crippen LogP contribution in [0.3, 0.4) is 0 Å². The fourth-order valence-electron chi connectivity index (χ4n) is 11.0. The standard InChI is InChI=1S/C48H80N6O31/c1-13(61)49-25-33(69)38(20(8-56)75-43(25)74)81-45-27(51-15(3)63)35(71)40(22(10-58)77-45)83-47-29(53-17(5)65)37(73)42(24(12-60)79-47)85-48-30(54-18(6)66)36(72)41(23(11-59)80-48)84-46-28(52-16(4)64)34(70)39(21(9-57)78-46)82-44-26(50-14(2)62)32(68)31(67)19(7-55)76-44/h19-48,55-60,67-74H,7-12H2,1-6H3,(H,49,61)(H,50,62)(H,51,63)(H,52,64)(H,53,65)(H,54,66)/t19-,20-,21-,22-,23-,24-,25-,26-,27-,28-,29-,30-,31-,32-,33-,34-,35-,36-,37-,38-,39-,40-,41-,42-,43?,44+,45+,46+,47+,48+/m1/s1. The minimum atomic E-state index is -2.07. The van der Waals surface area contributed by atoms with E-state index in [1.165, 1.54) is 0 Å². The molecule has 6 amide bonds. The van der Waals surface area contributed by atoms with Gasteiger partial charge in [-0.3, -0.25) is 28.8 Å². The molecular weight excluding hydrogens is 1160 g/mol. The van der Waals surface area contributed by atoms with Gasteiger partial charge in [0.25, 0.3) is 0 Å². The molecule has 6 rings (SSSR count).